The van der Waals surface area contributed by atoms with Crippen LogP contribution in [0.15, 0.2) is 54.6 Å². The van der Waals surface area contributed by atoms with Gasteiger partial charge >= 0.3 is 5.97 Å². The van der Waals surface area contributed by atoms with Crippen LogP contribution in [0.1, 0.15) is 20.3 Å². The Balaban J connectivity index is 1.75. The average Bonchev–Trinajstić information content (AvgIpc) is 2.90. The minimum Gasteiger partial charge on any atom is -0.491 e. The van der Waals surface area contributed by atoms with Crippen LogP contribution >= 0.6 is 0 Å². The molecule has 2 atom stereocenters. The van der Waals surface area contributed by atoms with E-state index < -0.39 is 11.5 Å². The zero-order chi connectivity index (χ0) is 22.4. The first-order valence-electron chi connectivity index (χ1n) is 10.1. The van der Waals surface area contributed by atoms with Gasteiger partial charge in [0.25, 0.3) is 0 Å². The molecular formula is C23H27N3O5. The van der Waals surface area contributed by atoms with E-state index in [-0.39, 0.29) is 37.4 Å². The maximum atomic E-state index is 13.2. The van der Waals surface area contributed by atoms with E-state index in [1.165, 1.54) is 7.11 Å². The fourth-order valence-electron chi connectivity index (χ4n) is 3.48. The molecular weight excluding hydrogens is 398 g/mol. The van der Waals surface area contributed by atoms with E-state index in [2.05, 4.69) is 10.6 Å². The predicted molar refractivity (Wildman–Crippen MR) is 117 cm³/mol. The number of rotatable bonds is 7. The van der Waals surface area contributed by atoms with Crippen molar-refractivity contribution in [1.29, 1.82) is 0 Å². The number of fused-ring (bicyclic) bond motifs is 1. The number of para-hydroxylation sites is 3. The molecule has 0 saturated carbocycles. The van der Waals surface area contributed by atoms with Gasteiger partial charge in [-0.25, -0.2) is 4.79 Å². The van der Waals surface area contributed by atoms with Gasteiger partial charge in [0.2, 0.25) is 11.8 Å². The third-order valence-electron chi connectivity index (χ3n) is 5.16. The summed E-state index contributed by atoms with van der Waals surface area (Å²) in [7, 11) is 1.29. The Hall–Kier alpha value is -3.39. The van der Waals surface area contributed by atoms with Crippen LogP contribution in [0, 0.1) is 0 Å². The summed E-state index contributed by atoms with van der Waals surface area (Å²) in [6.45, 7) is 3.28. The summed E-state index contributed by atoms with van der Waals surface area (Å²) in [6.07, 6.45) is 0.172. The number of methoxy groups -OCH3 is 1. The van der Waals surface area contributed by atoms with E-state index in [9.17, 15) is 14.4 Å². The van der Waals surface area contributed by atoms with Crippen LogP contribution in [0.25, 0.3) is 0 Å². The smallest absolute Gasteiger partial charge is 0.329 e. The maximum Gasteiger partial charge on any atom is 0.329 e. The van der Waals surface area contributed by atoms with Crippen LogP contribution in [-0.2, 0) is 19.1 Å². The lowest BCUT2D eigenvalue weighted by Gasteiger charge is -2.31. The first kappa shape index (κ1) is 22.3. The summed E-state index contributed by atoms with van der Waals surface area (Å²) in [5.74, 6) is -0.368. The second-order valence-electron chi connectivity index (χ2n) is 7.66. The topological polar surface area (TPSA) is 97.0 Å². The average molecular weight is 425 g/mol. The van der Waals surface area contributed by atoms with Gasteiger partial charge in [0, 0.05) is 12.5 Å². The Morgan fingerprint density at radius 1 is 1.16 bits per heavy atom. The van der Waals surface area contributed by atoms with E-state index in [0.717, 1.165) is 0 Å². The quantitative estimate of drug-likeness (QED) is 0.661. The van der Waals surface area contributed by atoms with E-state index in [1.54, 1.807) is 42.2 Å². The zero-order valence-corrected chi connectivity index (χ0v) is 17.9. The second kappa shape index (κ2) is 9.61. The van der Waals surface area contributed by atoms with Crippen molar-refractivity contribution in [2.24, 2.45) is 0 Å². The summed E-state index contributed by atoms with van der Waals surface area (Å²) in [6, 6.07) is 15.9. The SMILES string of the molecule is COC(=O)C(C)(COc1ccccc1)NCC(=O)N1c2ccccc2NC(=O)CC1C. The lowest BCUT2D eigenvalue weighted by atomic mass is 10.0. The summed E-state index contributed by atoms with van der Waals surface area (Å²) in [5.41, 5.74) is -0.0515. The summed E-state index contributed by atoms with van der Waals surface area (Å²) in [5, 5.41) is 5.83. The van der Waals surface area contributed by atoms with Crippen molar-refractivity contribution in [3.05, 3.63) is 54.6 Å². The molecule has 2 aromatic rings. The molecule has 2 aromatic carbocycles. The molecule has 0 bridgehead atoms. The van der Waals surface area contributed by atoms with Crippen LogP contribution in [0.2, 0.25) is 0 Å². The van der Waals surface area contributed by atoms with Crippen LogP contribution in [0.3, 0.4) is 0 Å². The Kier molecular flexibility index (Phi) is 6.91. The number of amides is 2. The van der Waals surface area contributed by atoms with Crippen molar-refractivity contribution in [3.8, 4) is 5.75 Å². The molecule has 2 amide bonds. The number of hydrogen-bond donors (Lipinski definition) is 2. The highest BCUT2D eigenvalue weighted by molar-refractivity contribution is 6.05. The Morgan fingerprint density at radius 2 is 1.84 bits per heavy atom. The van der Waals surface area contributed by atoms with E-state index in [0.29, 0.717) is 17.1 Å². The largest absolute Gasteiger partial charge is 0.491 e. The van der Waals surface area contributed by atoms with Crippen molar-refractivity contribution in [2.75, 3.05) is 30.5 Å². The highest BCUT2D eigenvalue weighted by atomic mass is 16.5. The number of esters is 1. The first-order valence-corrected chi connectivity index (χ1v) is 10.1. The van der Waals surface area contributed by atoms with Crippen molar-refractivity contribution in [1.82, 2.24) is 5.32 Å². The Morgan fingerprint density at radius 3 is 2.55 bits per heavy atom. The second-order valence-corrected chi connectivity index (χ2v) is 7.66. The van der Waals surface area contributed by atoms with Gasteiger partial charge in [-0.2, -0.15) is 0 Å². The van der Waals surface area contributed by atoms with Gasteiger partial charge in [-0.1, -0.05) is 30.3 Å². The van der Waals surface area contributed by atoms with Gasteiger partial charge in [0.15, 0.2) is 0 Å². The van der Waals surface area contributed by atoms with Gasteiger partial charge in [-0.15, -0.1) is 0 Å². The van der Waals surface area contributed by atoms with Crippen molar-refractivity contribution < 1.29 is 23.9 Å². The maximum absolute atomic E-state index is 13.2. The first-order chi connectivity index (χ1) is 14.8. The Bertz CT molecular complexity index is 949. The molecule has 0 spiro atoms. The standard InChI is InChI=1S/C23H27N3O5/c1-16-13-20(27)25-18-11-7-8-12-19(18)26(16)21(28)14-24-23(2,22(29)30-3)15-31-17-9-5-4-6-10-17/h4-12,16,24H,13-15H2,1-3H3,(H,25,27). The third kappa shape index (κ3) is 5.21. The molecule has 8 nitrogen and oxygen atoms in total. The van der Waals surface area contributed by atoms with Crippen molar-refractivity contribution in [2.45, 2.75) is 31.8 Å². The number of anilines is 2. The molecule has 1 aliphatic rings. The fourth-order valence-corrected chi connectivity index (χ4v) is 3.48. The normalized spacial score (nSPS) is 17.6. The molecule has 0 radical (unpaired) electrons. The zero-order valence-electron chi connectivity index (χ0n) is 17.9. The highest BCUT2D eigenvalue weighted by Crippen LogP contribution is 2.31. The predicted octanol–water partition coefficient (Wildman–Crippen LogP) is 2.35. The van der Waals surface area contributed by atoms with E-state index in [4.69, 9.17) is 9.47 Å². The molecule has 31 heavy (non-hydrogen) atoms. The number of carbonyl (C=O) groups is 3. The lowest BCUT2D eigenvalue weighted by molar-refractivity contribution is -0.149. The van der Waals surface area contributed by atoms with Crippen molar-refractivity contribution >= 4 is 29.2 Å². The van der Waals surface area contributed by atoms with Crippen LogP contribution in [-0.4, -0.2) is 49.6 Å². The Labute approximate surface area is 181 Å². The number of nitrogens with zero attached hydrogens (tertiary/aromatic N) is 1. The lowest BCUT2D eigenvalue weighted by Crippen LogP contribution is -2.57. The summed E-state index contributed by atoms with van der Waals surface area (Å²) < 4.78 is 10.7. The molecule has 0 fully saturated rings. The van der Waals surface area contributed by atoms with E-state index in [1.807, 2.05) is 31.2 Å². The number of carbonyl (C=O) groups excluding carboxylic acids is 3. The van der Waals surface area contributed by atoms with Gasteiger partial charge in [0.05, 0.1) is 25.0 Å². The number of nitrogens with one attached hydrogen (secondary N) is 2. The van der Waals surface area contributed by atoms with Gasteiger partial charge in [-0.05, 0) is 38.1 Å². The third-order valence-corrected chi connectivity index (χ3v) is 5.16. The molecule has 0 saturated heterocycles. The van der Waals surface area contributed by atoms with Crippen LogP contribution in [0.4, 0.5) is 11.4 Å². The van der Waals surface area contributed by atoms with Gasteiger partial charge < -0.3 is 19.7 Å². The molecule has 1 heterocycles. The molecule has 3 rings (SSSR count). The van der Waals surface area contributed by atoms with Crippen LogP contribution < -0.4 is 20.3 Å². The molecule has 164 valence electrons. The minimum atomic E-state index is -1.25. The van der Waals surface area contributed by atoms with Gasteiger partial charge in [-0.3, -0.25) is 14.9 Å². The summed E-state index contributed by atoms with van der Waals surface area (Å²) >= 11 is 0. The number of ether oxygens (including phenoxy) is 2. The van der Waals surface area contributed by atoms with Gasteiger partial charge in [0.1, 0.15) is 17.9 Å². The molecule has 8 heteroatoms. The molecule has 0 aliphatic carbocycles. The fraction of sp³-hybridized carbons (Fsp3) is 0.348. The monoisotopic (exact) mass is 425 g/mol. The number of benzene rings is 2. The van der Waals surface area contributed by atoms with E-state index >= 15 is 0 Å². The molecule has 1 aliphatic heterocycles. The minimum absolute atomic E-state index is 0.0247. The highest BCUT2D eigenvalue weighted by Gasteiger charge is 2.37. The molecule has 2 N–H and O–H groups in total. The molecule has 2 unspecified atom stereocenters. The molecule has 0 aromatic heterocycles. The number of hydrogen-bond acceptors (Lipinski definition) is 6. The van der Waals surface area contributed by atoms with Crippen LogP contribution in [0.5, 0.6) is 5.75 Å². The summed E-state index contributed by atoms with van der Waals surface area (Å²) in [4.78, 5) is 39.4. The van der Waals surface area contributed by atoms with Crippen molar-refractivity contribution in [3.63, 3.8) is 0 Å².